The van der Waals surface area contributed by atoms with Gasteiger partial charge in [-0.2, -0.15) is 13.2 Å². The molecule has 1 aromatic rings. The second-order valence-electron chi connectivity index (χ2n) is 2.95. The average molecular weight is 242 g/mol. The quantitative estimate of drug-likeness (QED) is 0.777. The smallest absolute Gasteiger partial charge is 0.325 e. The molecule has 8 heteroatoms. The van der Waals surface area contributed by atoms with E-state index >= 15 is 0 Å². The van der Waals surface area contributed by atoms with Crippen LogP contribution in [-0.4, -0.2) is 4.98 Å². The Labute approximate surface area is 86.1 Å². The van der Waals surface area contributed by atoms with E-state index in [0.717, 1.165) is 0 Å². The lowest BCUT2D eigenvalue weighted by atomic mass is 10.1. The Morgan fingerprint density at radius 1 is 1.38 bits per heavy atom. The topological polar surface area (TPSA) is 58.9 Å². The van der Waals surface area contributed by atoms with E-state index in [-0.39, 0.29) is 12.2 Å². The van der Waals surface area contributed by atoms with Crippen molar-refractivity contribution in [3.63, 3.8) is 0 Å². The van der Waals surface area contributed by atoms with E-state index in [0.29, 0.717) is 6.07 Å². The number of hydrogen-bond acceptors (Lipinski definition) is 2. The van der Waals surface area contributed by atoms with Crippen LogP contribution in [0.1, 0.15) is 23.2 Å². The van der Waals surface area contributed by atoms with Crippen LogP contribution in [0.4, 0.5) is 22.0 Å². The standard InChI is InChI=1S/C8H7F5N2O/c9-6(10)5-4(8(11,12)13)1-3(2-14)15-7(5)16/h1,6H,2,14H2,(H,15,16). The molecule has 90 valence electrons. The first-order valence-electron chi connectivity index (χ1n) is 4.09. The largest absolute Gasteiger partial charge is 0.417 e. The van der Waals surface area contributed by atoms with E-state index < -0.39 is 29.3 Å². The van der Waals surface area contributed by atoms with E-state index in [1.807, 2.05) is 4.98 Å². The number of aromatic amines is 1. The predicted octanol–water partition coefficient (Wildman–Crippen LogP) is 1.79. The first kappa shape index (κ1) is 12.6. The van der Waals surface area contributed by atoms with Crippen molar-refractivity contribution in [3.8, 4) is 0 Å². The molecule has 0 atom stereocenters. The molecule has 1 rings (SSSR count). The van der Waals surface area contributed by atoms with E-state index in [1.54, 1.807) is 0 Å². The number of pyridine rings is 1. The molecule has 0 amide bonds. The first-order valence-corrected chi connectivity index (χ1v) is 4.09. The summed E-state index contributed by atoms with van der Waals surface area (Å²) in [5.41, 5.74) is 0.0908. The minimum absolute atomic E-state index is 0.248. The van der Waals surface area contributed by atoms with Gasteiger partial charge in [0.05, 0.1) is 11.1 Å². The van der Waals surface area contributed by atoms with Crippen LogP contribution in [0.5, 0.6) is 0 Å². The number of halogens is 5. The molecule has 16 heavy (non-hydrogen) atoms. The van der Waals surface area contributed by atoms with Crippen molar-refractivity contribution in [2.24, 2.45) is 5.73 Å². The summed E-state index contributed by atoms with van der Waals surface area (Å²) < 4.78 is 61.7. The van der Waals surface area contributed by atoms with Crippen LogP contribution >= 0.6 is 0 Å². The number of rotatable bonds is 2. The Kier molecular flexibility index (Phi) is 3.32. The highest BCUT2D eigenvalue weighted by molar-refractivity contribution is 5.30. The summed E-state index contributed by atoms with van der Waals surface area (Å²) in [5.74, 6) is 0. The molecule has 0 saturated heterocycles. The Morgan fingerprint density at radius 3 is 2.31 bits per heavy atom. The molecule has 0 spiro atoms. The summed E-state index contributed by atoms with van der Waals surface area (Å²) in [5, 5.41) is 0. The Hall–Kier alpha value is -1.44. The number of aromatic nitrogens is 1. The van der Waals surface area contributed by atoms with Gasteiger partial charge in [-0.25, -0.2) is 8.78 Å². The fraction of sp³-hybridized carbons (Fsp3) is 0.375. The van der Waals surface area contributed by atoms with Crippen molar-refractivity contribution in [2.75, 3.05) is 0 Å². The highest BCUT2D eigenvalue weighted by atomic mass is 19.4. The minimum Gasteiger partial charge on any atom is -0.325 e. The van der Waals surface area contributed by atoms with Crippen LogP contribution in [0.15, 0.2) is 10.9 Å². The lowest BCUT2D eigenvalue weighted by Gasteiger charge is -2.12. The maximum atomic E-state index is 12.4. The molecule has 0 aliphatic heterocycles. The number of alkyl halides is 5. The summed E-state index contributed by atoms with van der Waals surface area (Å²) in [7, 11) is 0. The molecular weight excluding hydrogens is 235 g/mol. The van der Waals surface area contributed by atoms with Gasteiger partial charge in [-0.3, -0.25) is 4.79 Å². The van der Waals surface area contributed by atoms with Gasteiger partial charge in [-0.1, -0.05) is 0 Å². The second-order valence-corrected chi connectivity index (χ2v) is 2.95. The Bertz CT molecular complexity index is 437. The van der Waals surface area contributed by atoms with Crippen molar-refractivity contribution >= 4 is 0 Å². The molecule has 1 heterocycles. The van der Waals surface area contributed by atoms with Crippen molar-refractivity contribution in [3.05, 3.63) is 33.2 Å². The van der Waals surface area contributed by atoms with Gasteiger partial charge in [0.1, 0.15) is 0 Å². The van der Waals surface area contributed by atoms with E-state index in [9.17, 15) is 26.7 Å². The summed E-state index contributed by atoms with van der Waals surface area (Å²) in [4.78, 5) is 12.9. The maximum absolute atomic E-state index is 12.4. The SMILES string of the molecule is NCc1cc(C(F)(F)F)c(C(F)F)c(=O)[nH]1. The molecule has 3 N–H and O–H groups in total. The zero-order valence-corrected chi connectivity index (χ0v) is 7.74. The fourth-order valence-corrected chi connectivity index (χ4v) is 1.18. The molecule has 0 bridgehead atoms. The number of hydrogen-bond donors (Lipinski definition) is 2. The van der Waals surface area contributed by atoms with E-state index in [1.165, 1.54) is 0 Å². The van der Waals surface area contributed by atoms with Gasteiger partial charge >= 0.3 is 6.18 Å². The molecule has 0 aliphatic rings. The molecule has 0 unspecified atom stereocenters. The molecule has 0 aliphatic carbocycles. The normalized spacial score (nSPS) is 12.2. The lowest BCUT2D eigenvalue weighted by Crippen LogP contribution is -2.23. The lowest BCUT2D eigenvalue weighted by molar-refractivity contribution is -0.139. The maximum Gasteiger partial charge on any atom is 0.417 e. The number of H-pyrrole nitrogens is 1. The van der Waals surface area contributed by atoms with Gasteiger partial charge in [0.25, 0.3) is 12.0 Å². The monoisotopic (exact) mass is 242 g/mol. The summed E-state index contributed by atoms with van der Waals surface area (Å²) in [6.45, 7) is -0.373. The van der Waals surface area contributed by atoms with Crippen molar-refractivity contribution < 1.29 is 22.0 Å². The highest BCUT2D eigenvalue weighted by Gasteiger charge is 2.37. The van der Waals surface area contributed by atoms with Gasteiger partial charge in [0, 0.05) is 12.2 Å². The minimum atomic E-state index is -5.01. The predicted molar refractivity (Wildman–Crippen MR) is 44.9 cm³/mol. The fourth-order valence-electron chi connectivity index (χ4n) is 1.18. The molecule has 3 nitrogen and oxygen atoms in total. The molecule has 1 aromatic heterocycles. The average Bonchev–Trinajstić information content (AvgIpc) is 2.14. The molecule has 0 radical (unpaired) electrons. The summed E-state index contributed by atoms with van der Waals surface area (Å²) in [6.07, 6.45) is -8.50. The zero-order valence-electron chi connectivity index (χ0n) is 7.74. The molecule has 0 saturated carbocycles. The van der Waals surface area contributed by atoms with Crippen LogP contribution in [0.3, 0.4) is 0 Å². The zero-order chi connectivity index (χ0) is 12.5. The Balaban J connectivity index is 3.54. The van der Waals surface area contributed by atoms with Crippen molar-refractivity contribution in [2.45, 2.75) is 19.1 Å². The summed E-state index contributed by atoms with van der Waals surface area (Å²) >= 11 is 0. The van der Waals surface area contributed by atoms with Crippen LogP contribution < -0.4 is 11.3 Å². The highest BCUT2D eigenvalue weighted by Crippen LogP contribution is 2.34. The molecule has 0 aromatic carbocycles. The first-order chi connectivity index (χ1) is 7.27. The third-order valence-corrected chi connectivity index (χ3v) is 1.87. The van der Waals surface area contributed by atoms with Gasteiger partial charge in [0.2, 0.25) is 0 Å². The molecule has 0 fully saturated rings. The van der Waals surface area contributed by atoms with E-state index in [2.05, 4.69) is 0 Å². The second kappa shape index (κ2) is 4.20. The third kappa shape index (κ3) is 2.38. The Morgan fingerprint density at radius 2 is 1.94 bits per heavy atom. The third-order valence-electron chi connectivity index (χ3n) is 1.87. The molecular formula is C8H7F5N2O. The van der Waals surface area contributed by atoms with Crippen molar-refractivity contribution in [1.82, 2.24) is 4.98 Å². The van der Waals surface area contributed by atoms with Gasteiger partial charge in [0.15, 0.2) is 0 Å². The van der Waals surface area contributed by atoms with Crippen LogP contribution in [0, 0.1) is 0 Å². The van der Waals surface area contributed by atoms with Crippen LogP contribution in [0.25, 0.3) is 0 Å². The van der Waals surface area contributed by atoms with E-state index in [4.69, 9.17) is 5.73 Å². The number of nitrogens with two attached hydrogens (primary N) is 1. The van der Waals surface area contributed by atoms with Gasteiger partial charge in [-0.15, -0.1) is 0 Å². The summed E-state index contributed by atoms with van der Waals surface area (Å²) in [6, 6.07) is 0.420. The number of nitrogens with one attached hydrogen (secondary N) is 1. The van der Waals surface area contributed by atoms with Crippen LogP contribution in [0.2, 0.25) is 0 Å². The van der Waals surface area contributed by atoms with Crippen LogP contribution in [-0.2, 0) is 12.7 Å². The van der Waals surface area contributed by atoms with Gasteiger partial charge < -0.3 is 10.7 Å². The van der Waals surface area contributed by atoms with Gasteiger partial charge in [-0.05, 0) is 6.07 Å². The van der Waals surface area contributed by atoms with Crippen molar-refractivity contribution in [1.29, 1.82) is 0 Å².